The molecule has 7 nitrogen and oxygen atoms in total. The van der Waals surface area contributed by atoms with E-state index in [1.54, 1.807) is 0 Å². The van der Waals surface area contributed by atoms with E-state index >= 15 is 0 Å². The summed E-state index contributed by atoms with van der Waals surface area (Å²) in [6, 6.07) is 0. The lowest BCUT2D eigenvalue weighted by Gasteiger charge is -2.27. The van der Waals surface area contributed by atoms with Gasteiger partial charge in [-0.25, -0.2) is 4.79 Å². The molecule has 3 N–H and O–H groups in total. The molecule has 0 aromatic heterocycles. The molecule has 0 spiro atoms. The highest BCUT2D eigenvalue weighted by Crippen LogP contribution is 2.23. The van der Waals surface area contributed by atoms with E-state index in [1.807, 2.05) is 0 Å². The van der Waals surface area contributed by atoms with Gasteiger partial charge in [0.15, 0.2) is 5.54 Å². The van der Waals surface area contributed by atoms with Gasteiger partial charge < -0.3 is 25.3 Å². The summed E-state index contributed by atoms with van der Waals surface area (Å²) in [6.45, 7) is 0.958. The van der Waals surface area contributed by atoms with Crippen LogP contribution in [0.15, 0.2) is 0 Å². The number of carbonyl (C=O) groups excluding carboxylic acids is 2. The maximum absolute atomic E-state index is 12.1. The molecule has 108 valence electrons. The van der Waals surface area contributed by atoms with Crippen molar-refractivity contribution in [1.29, 1.82) is 0 Å². The summed E-state index contributed by atoms with van der Waals surface area (Å²) in [4.78, 5) is 24.0. The fraction of sp³-hybridized carbons (Fsp3) is 0.833. The maximum Gasteiger partial charge on any atom is 0.334 e. The maximum atomic E-state index is 12.1. The second-order valence-corrected chi connectivity index (χ2v) is 4.93. The van der Waals surface area contributed by atoms with E-state index in [2.05, 4.69) is 5.32 Å². The lowest BCUT2D eigenvalue weighted by atomic mass is 9.98. The van der Waals surface area contributed by atoms with Gasteiger partial charge in [-0.3, -0.25) is 4.79 Å². The van der Waals surface area contributed by atoms with Crippen molar-refractivity contribution in [2.24, 2.45) is 5.73 Å². The molecule has 0 aromatic carbocycles. The van der Waals surface area contributed by atoms with Gasteiger partial charge in [0, 0.05) is 19.6 Å². The first-order chi connectivity index (χ1) is 9.11. The molecule has 1 amide bonds. The lowest BCUT2D eigenvalue weighted by Crippen LogP contribution is -2.58. The van der Waals surface area contributed by atoms with Gasteiger partial charge in [-0.2, -0.15) is 0 Å². The zero-order valence-corrected chi connectivity index (χ0v) is 11.0. The number of ether oxygens (including phenoxy) is 3. The Hall–Kier alpha value is -1.18. The molecule has 0 bridgehead atoms. The molecule has 2 heterocycles. The van der Waals surface area contributed by atoms with Crippen molar-refractivity contribution in [1.82, 2.24) is 5.32 Å². The number of nitrogens with two attached hydrogens (primary N) is 1. The minimum absolute atomic E-state index is 0.0790. The average Bonchev–Trinajstić information content (AvgIpc) is 3.06. The van der Waals surface area contributed by atoms with E-state index in [4.69, 9.17) is 19.9 Å². The monoisotopic (exact) mass is 272 g/mol. The quantitative estimate of drug-likeness (QED) is 0.633. The van der Waals surface area contributed by atoms with Gasteiger partial charge in [0.05, 0.1) is 19.8 Å². The van der Waals surface area contributed by atoms with Crippen LogP contribution < -0.4 is 11.1 Å². The molecule has 7 heteroatoms. The van der Waals surface area contributed by atoms with E-state index in [0.29, 0.717) is 26.0 Å². The minimum atomic E-state index is -1.07. The largest absolute Gasteiger partial charge is 0.467 e. The molecule has 2 saturated heterocycles. The SMILES string of the molecule is COC(=O)C1(NC(=O)[C@@H]2CC[C@H](CN)O2)CCOC1. The predicted molar refractivity (Wildman–Crippen MR) is 65.3 cm³/mol. The van der Waals surface area contributed by atoms with Gasteiger partial charge in [-0.1, -0.05) is 0 Å². The Bertz CT molecular complexity index is 354. The molecule has 1 unspecified atom stereocenters. The molecule has 0 aliphatic carbocycles. The first-order valence-corrected chi connectivity index (χ1v) is 6.45. The van der Waals surface area contributed by atoms with Crippen molar-refractivity contribution in [3.8, 4) is 0 Å². The van der Waals surface area contributed by atoms with E-state index in [0.717, 1.165) is 6.42 Å². The van der Waals surface area contributed by atoms with Crippen molar-refractivity contribution in [3.05, 3.63) is 0 Å². The molecule has 2 aliphatic rings. The number of rotatable bonds is 4. The molecular formula is C12H20N2O5. The van der Waals surface area contributed by atoms with Crippen LogP contribution in [-0.2, 0) is 23.8 Å². The summed E-state index contributed by atoms with van der Waals surface area (Å²) in [6.07, 6.45) is 1.17. The van der Waals surface area contributed by atoms with Crippen molar-refractivity contribution in [3.63, 3.8) is 0 Å². The van der Waals surface area contributed by atoms with E-state index < -0.39 is 17.6 Å². The molecule has 2 aliphatic heterocycles. The van der Waals surface area contributed by atoms with Crippen LogP contribution in [0.25, 0.3) is 0 Å². The number of esters is 1. The summed E-state index contributed by atoms with van der Waals surface area (Å²) in [5.74, 6) is -0.779. The summed E-state index contributed by atoms with van der Waals surface area (Å²) in [7, 11) is 1.30. The Labute approximate surface area is 111 Å². The zero-order chi connectivity index (χ0) is 13.9. The average molecular weight is 272 g/mol. The highest BCUT2D eigenvalue weighted by atomic mass is 16.5. The number of hydrogen-bond donors (Lipinski definition) is 2. The second kappa shape index (κ2) is 5.85. The van der Waals surface area contributed by atoms with Gasteiger partial charge in [-0.15, -0.1) is 0 Å². The third kappa shape index (κ3) is 2.88. The first kappa shape index (κ1) is 14.2. The molecular weight excluding hydrogens is 252 g/mol. The van der Waals surface area contributed by atoms with E-state index in [-0.39, 0.29) is 18.6 Å². The van der Waals surface area contributed by atoms with Crippen LogP contribution in [0.4, 0.5) is 0 Å². The van der Waals surface area contributed by atoms with Crippen LogP contribution in [0.5, 0.6) is 0 Å². The molecule has 2 fully saturated rings. The fourth-order valence-corrected chi connectivity index (χ4v) is 2.46. The van der Waals surface area contributed by atoms with Crippen LogP contribution >= 0.6 is 0 Å². The van der Waals surface area contributed by atoms with Crippen LogP contribution in [-0.4, -0.2) is 56.5 Å². The Kier molecular flexibility index (Phi) is 4.38. The van der Waals surface area contributed by atoms with Crippen molar-refractivity contribution in [2.75, 3.05) is 26.9 Å². The fourth-order valence-electron chi connectivity index (χ4n) is 2.46. The Morgan fingerprint density at radius 3 is 2.79 bits per heavy atom. The normalized spacial score (nSPS) is 34.2. The topological polar surface area (TPSA) is 99.9 Å². The Morgan fingerprint density at radius 2 is 2.26 bits per heavy atom. The molecule has 0 saturated carbocycles. The van der Waals surface area contributed by atoms with Gasteiger partial charge in [0.1, 0.15) is 6.10 Å². The third-order valence-corrected chi connectivity index (χ3v) is 3.62. The van der Waals surface area contributed by atoms with Crippen molar-refractivity contribution in [2.45, 2.75) is 37.0 Å². The third-order valence-electron chi connectivity index (χ3n) is 3.62. The predicted octanol–water partition coefficient (Wildman–Crippen LogP) is -1.06. The van der Waals surface area contributed by atoms with Crippen molar-refractivity contribution >= 4 is 11.9 Å². The number of nitrogens with one attached hydrogen (secondary N) is 1. The molecule has 0 aromatic rings. The summed E-state index contributed by atoms with van der Waals surface area (Å²) in [5.41, 5.74) is 4.43. The van der Waals surface area contributed by atoms with Crippen LogP contribution in [0.2, 0.25) is 0 Å². The highest BCUT2D eigenvalue weighted by Gasteiger charge is 2.46. The number of carbonyl (C=O) groups is 2. The standard InChI is InChI=1S/C12H20N2O5/c1-17-11(16)12(4-5-18-7-12)14-10(15)9-3-2-8(6-13)19-9/h8-9H,2-7,13H2,1H3,(H,14,15)/t8-,9+,12?/m1/s1. The summed E-state index contributed by atoms with van der Waals surface area (Å²) < 4.78 is 15.5. The zero-order valence-electron chi connectivity index (χ0n) is 11.0. The van der Waals surface area contributed by atoms with E-state index in [1.165, 1.54) is 7.11 Å². The van der Waals surface area contributed by atoms with Gasteiger partial charge in [-0.05, 0) is 12.8 Å². The molecule has 0 radical (unpaired) electrons. The first-order valence-electron chi connectivity index (χ1n) is 6.45. The molecule has 19 heavy (non-hydrogen) atoms. The van der Waals surface area contributed by atoms with Gasteiger partial charge in [0.25, 0.3) is 0 Å². The van der Waals surface area contributed by atoms with Crippen LogP contribution in [0.3, 0.4) is 0 Å². The van der Waals surface area contributed by atoms with Gasteiger partial charge >= 0.3 is 5.97 Å². The number of amides is 1. The minimum Gasteiger partial charge on any atom is -0.467 e. The Balaban J connectivity index is 1.98. The summed E-state index contributed by atoms with van der Waals surface area (Å²) >= 11 is 0. The van der Waals surface area contributed by atoms with E-state index in [9.17, 15) is 9.59 Å². The number of hydrogen-bond acceptors (Lipinski definition) is 6. The summed E-state index contributed by atoms with van der Waals surface area (Å²) in [5, 5.41) is 2.73. The second-order valence-electron chi connectivity index (χ2n) is 4.93. The lowest BCUT2D eigenvalue weighted by molar-refractivity contribution is -0.152. The molecule has 2 rings (SSSR count). The van der Waals surface area contributed by atoms with Crippen molar-refractivity contribution < 1.29 is 23.8 Å². The van der Waals surface area contributed by atoms with Crippen LogP contribution in [0.1, 0.15) is 19.3 Å². The molecule has 3 atom stereocenters. The Morgan fingerprint density at radius 1 is 1.47 bits per heavy atom. The highest BCUT2D eigenvalue weighted by molar-refractivity contribution is 5.90. The smallest absolute Gasteiger partial charge is 0.334 e. The van der Waals surface area contributed by atoms with Crippen LogP contribution in [0, 0.1) is 0 Å². The number of methoxy groups -OCH3 is 1. The van der Waals surface area contributed by atoms with Gasteiger partial charge in [0.2, 0.25) is 5.91 Å².